The summed E-state index contributed by atoms with van der Waals surface area (Å²) in [5.74, 6) is -0.248. The normalized spacial score (nSPS) is 14.4. The molecule has 0 spiro atoms. The monoisotopic (exact) mass is 401 g/mol. The number of hydrogen-bond donors (Lipinski definition) is 3. The molecule has 28 heavy (non-hydrogen) atoms. The summed E-state index contributed by atoms with van der Waals surface area (Å²) in [6, 6.07) is 0. The summed E-state index contributed by atoms with van der Waals surface area (Å²) in [5, 5.41) is 12.9. The number of nitrogens with one attached hydrogen (secondary N) is 3. The Bertz CT molecular complexity index is 1220. The van der Waals surface area contributed by atoms with E-state index in [9.17, 15) is 4.79 Å². The van der Waals surface area contributed by atoms with Crippen molar-refractivity contribution >= 4 is 40.4 Å². The van der Waals surface area contributed by atoms with Crippen LogP contribution in [-0.2, 0) is 4.79 Å². The molecular weight excluding hydrogens is 389 g/mol. The molecule has 11 heteroatoms. The van der Waals surface area contributed by atoms with E-state index in [0.29, 0.717) is 53.1 Å². The second kappa shape index (κ2) is 6.43. The number of imidazole rings is 1. The minimum atomic E-state index is -0.670. The number of aromatic nitrogens is 5. The van der Waals surface area contributed by atoms with Crippen molar-refractivity contribution in [2.45, 2.75) is 6.10 Å². The Morgan fingerprint density at radius 2 is 2.21 bits per heavy atom. The molecular formula is C17H13ClFN7O2. The third-order valence-electron chi connectivity index (χ3n) is 4.58. The molecule has 0 unspecified atom stereocenters. The fraction of sp³-hybridized carbons (Fsp3) is 0.176. The number of rotatable bonds is 5. The van der Waals surface area contributed by atoms with Gasteiger partial charge in [-0.15, -0.1) is 0 Å². The maximum Gasteiger partial charge on any atom is 0.212 e. The van der Waals surface area contributed by atoms with E-state index >= 15 is 4.39 Å². The van der Waals surface area contributed by atoms with Crippen LogP contribution in [0.25, 0.3) is 27.8 Å². The molecule has 1 fully saturated rings. The highest BCUT2D eigenvalue weighted by Crippen LogP contribution is 2.42. The molecule has 1 aliphatic rings. The average molecular weight is 402 g/mol. The summed E-state index contributed by atoms with van der Waals surface area (Å²) in [6.45, 7) is 1.29. The van der Waals surface area contributed by atoms with Gasteiger partial charge in [0.25, 0.3) is 0 Å². The molecule has 3 aromatic heterocycles. The molecule has 1 aromatic carbocycles. The number of fused-ring (bicyclic) bond motifs is 2. The van der Waals surface area contributed by atoms with Gasteiger partial charge in [-0.05, 0) is 0 Å². The number of halogens is 2. The van der Waals surface area contributed by atoms with Crippen LogP contribution in [0.15, 0.2) is 24.8 Å². The van der Waals surface area contributed by atoms with Crippen molar-refractivity contribution < 1.29 is 13.9 Å². The number of H-pyrrole nitrogens is 1. The zero-order chi connectivity index (χ0) is 19.3. The molecule has 9 nitrogen and oxygen atoms in total. The van der Waals surface area contributed by atoms with Crippen molar-refractivity contribution in [3.63, 3.8) is 0 Å². The Morgan fingerprint density at radius 3 is 2.96 bits per heavy atom. The average Bonchev–Trinajstić information content (AvgIpc) is 3.27. The first-order valence-corrected chi connectivity index (χ1v) is 8.80. The molecule has 3 N–H and O–H groups in total. The highest BCUT2D eigenvalue weighted by molar-refractivity contribution is 6.35. The first kappa shape index (κ1) is 16.9. The van der Waals surface area contributed by atoms with E-state index in [2.05, 4.69) is 30.8 Å². The van der Waals surface area contributed by atoms with E-state index in [1.807, 2.05) is 0 Å². The molecule has 4 aromatic rings. The molecule has 1 aliphatic heterocycles. The number of carbonyl (C=O) groups is 1. The van der Waals surface area contributed by atoms with Gasteiger partial charge >= 0.3 is 0 Å². The van der Waals surface area contributed by atoms with Crippen LogP contribution in [0.5, 0.6) is 5.75 Å². The van der Waals surface area contributed by atoms with E-state index < -0.39 is 5.82 Å². The highest BCUT2D eigenvalue weighted by atomic mass is 35.5. The third-order valence-corrected chi connectivity index (χ3v) is 4.94. The third kappa shape index (κ3) is 2.57. The smallest absolute Gasteiger partial charge is 0.212 e. The Balaban J connectivity index is 1.67. The van der Waals surface area contributed by atoms with Crippen LogP contribution in [0, 0.1) is 5.82 Å². The lowest BCUT2D eigenvalue weighted by Crippen LogP contribution is -2.50. The summed E-state index contributed by atoms with van der Waals surface area (Å²) >= 11 is 6.38. The van der Waals surface area contributed by atoms with Gasteiger partial charge in [0.05, 0.1) is 29.3 Å². The predicted molar refractivity (Wildman–Crippen MR) is 100 cm³/mol. The van der Waals surface area contributed by atoms with Crippen LogP contribution in [0.1, 0.15) is 0 Å². The van der Waals surface area contributed by atoms with Gasteiger partial charge in [-0.1, -0.05) is 11.6 Å². The van der Waals surface area contributed by atoms with Crippen molar-refractivity contribution in [1.29, 1.82) is 0 Å². The maximum absolute atomic E-state index is 15.1. The quantitative estimate of drug-likeness (QED) is 0.441. The van der Waals surface area contributed by atoms with Crippen molar-refractivity contribution in [1.82, 2.24) is 29.9 Å². The minimum Gasteiger partial charge on any atom is -0.482 e. The van der Waals surface area contributed by atoms with E-state index in [1.54, 1.807) is 23.0 Å². The number of hydrogen-bond acceptors (Lipinski definition) is 6. The summed E-state index contributed by atoms with van der Waals surface area (Å²) in [4.78, 5) is 19.2. The topological polar surface area (TPSA) is 109 Å². The predicted octanol–water partition coefficient (Wildman–Crippen LogP) is 1.98. The molecule has 142 valence electrons. The number of anilines is 1. The maximum atomic E-state index is 15.1. The van der Waals surface area contributed by atoms with Crippen LogP contribution < -0.4 is 15.4 Å². The number of carbonyl (C=O) groups excluding carboxylic acids is 1. The van der Waals surface area contributed by atoms with Gasteiger partial charge in [0.1, 0.15) is 11.6 Å². The summed E-state index contributed by atoms with van der Waals surface area (Å²) in [7, 11) is 0. The highest BCUT2D eigenvalue weighted by Gasteiger charge is 2.27. The fourth-order valence-electron chi connectivity index (χ4n) is 3.12. The first-order valence-electron chi connectivity index (χ1n) is 8.42. The number of aromatic amines is 1. The van der Waals surface area contributed by atoms with E-state index in [4.69, 9.17) is 16.3 Å². The SMILES string of the molecule is O=CNc1cn2cc(-c3c(Cl)c(F)c(OC4CNC4)c4[nH]ncc34)ncc2n1. The molecule has 0 atom stereocenters. The second-order valence-electron chi connectivity index (χ2n) is 6.32. The van der Waals surface area contributed by atoms with Gasteiger partial charge in [0.15, 0.2) is 23.0 Å². The molecule has 4 heterocycles. The fourth-order valence-corrected chi connectivity index (χ4v) is 3.40. The number of benzene rings is 1. The summed E-state index contributed by atoms with van der Waals surface area (Å²) in [6.07, 6.45) is 6.76. The molecule has 0 saturated carbocycles. The standard InChI is InChI=1S/C17H13ClFN7O2/c18-14-13(10-5-26-6-11(22-7-27)24-12(26)4-21-10)9-3-23-25-16(9)17(15(14)19)28-8-1-20-2-8/h3-8,20H,1-2H2,(H,22,27)(H,23,25). The van der Waals surface area contributed by atoms with Gasteiger partial charge < -0.3 is 19.8 Å². The van der Waals surface area contributed by atoms with E-state index in [0.717, 1.165) is 0 Å². The minimum absolute atomic E-state index is 0.0499. The molecule has 0 aliphatic carbocycles. The molecule has 5 rings (SSSR count). The van der Waals surface area contributed by atoms with Gasteiger partial charge in [-0.3, -0.25) is 14.9 Å². The van der Waals surface area contributed by atoms with Crippen LogP contribution in [0.4, 0.5) is 10.2 Å². The number of ether oxygens (including phenoxy) is 1. The number of nitrogens with zero attached hydrogens (tertiary/aromatic N) is 4. The second-order valence-corrected chi connectivity index (χ2v) is 6.69. The Hall–Kier alpha value is -3.24. The zero-order valence-corrected chi connectivity index (χ0v) is 15.0. The van der Waals surface area contributed by atoms with Gasteiger partial charge in [-0.2, -0.15) is 5.10 Å². The van der Waals surface area contributed by atoms with Crippen molar-refractivity contribution in [2.75, 3.05) is 18.4 Å². The van der Waals surface area contributed by atoms with E-state index in [-0.39, 0.29) is 16.9 Å². The van der Waals surface area contributed by atoms with Crippen molar-refractivity contribution in [2.24, 2.45) is 0 Å². The van der Waals surface area contributed by atoms with Crippen LogP contribution in [0.2, 0.25) is 5.02 Å². The van der Waals surface area contributed by atoms with Gasteiger partial charge in [0, 0.05) is 30.2 Å². The largest absolute Gasteiger partial charge is 0.482 e. The lowest BCUT2D eigenvalue weighted by atomic mass is 10.1. The lowest BCUT2D eigenvalue weighted by Gasteiger charge is -2.28. The zero-order valence-electron chi connectivity index (χ0n) is 14.2. The summed E-state index contributed by atoms with van der Waals surface area (Å²) < 4.78 is 22.5. The van der Waals surface area contributed by atoms with Crippen molar-refractivity contribution in [3.05, 3.63) is 35.6 Å². The lowest BCUT2D eigenvalue weighted by molar-refractivity contribution is -0.105. The van der Waals surface area contributed by atoms with Crippen LogP contribution in [-0.4, -0.2) is 50.2 Å². The van der Waals surface area contributed by atoms with Crippen molar-refractivity contribution in [3.8, 4) is 17.0 Å². The van der Waals surface area contributed by atoms with Crippen LogP contribution in [0.3, 0.4) is 0 Å². The Kier molecular flexibility index (Phi) is 3.88. The first-order chi connectivity index (χ1) is 13.7. The van der Waals surface area contributed by atoms with Gasteiger partial charge in [0.2, 0.25) is 6.41 Å². The molecule has 1 amide bonds. The molecule has 0 radical (unpaired) electrons. The Morgan fingerprint density at radius 1 is 1.36 bits per heavy atom. The molecule has 0 bridgehead atoms. The Labute approximate surface area is 161 Å². The van der Waals surface area contributed by atoms with Crippen LogP contribution >= 0.6 is 11.6 Å². The molecule has 1 saturated heterocycles. The van der Waals surface area contributed by atoms with Gasteiger partial charge in [-0.25, -0.2) is 9.37 Å². The summed E-state index contributed by atoms with van der Waals surface area (Å²) in [5.41, 5.74) is 1.75. The number of amides is 1. The van der Waals surface area contributed by atoms with E-state index in [1.165, 1.54) is 6.20 Å².